The Bertz CT molecular complexity index is 599. The molecule has 1 nitrogen and oxygen atoms in total. The third-order valence-corrected chi connectivity index (χ3v) is 4.83. The summed E-state index contributed by atoms with van der Waals surface area (Å²) < 4.78 is 0. The zero-order chi connectivity index (χ0) is 14.0. The van der Waals surface area contributed by atoms with E-state index in [9.17, 15) is 0 Å². The van der Waals surface area contributed by atoms with Gasteiger partial charge in [-0.05, 0) is 42.8 Å². The van der Waals surface area contributed by atoms with Crippen LogP contribution < -0.4 is 5.73 Å². The lowest BCUT2D eigenvalue weighted by atomic mass is 10.1. The van der Waals surface area contributed by atoms with Crippen molar-refractivity contribution in [1.29, 1.82) is 0 Å². The smallest absolute Gasteiger partial charge is 0.0548 e. The van der Waals surface area contributed by atoms with Gasteiger partial charge in [0.2, 0.25) is 0 Å². The molecule has 0 aliphatic carbocycles. The van der Waals surface area contributed by atoms with Gasteiger partial charge in [-0.2, -0.15) is 0 Å². The second kappa shape index (κ2) is 6.38. The van der Waals surface area contributed by atoms with Crippen LogP contribution in [-0.2, 0) is 0 Å². The summed E-state index contributed by atoms with van der Waals surface area (Å²) in [7, 11) is 0. The van der Waals surface area contributed by atoms with E-state index in [-0.39, 0.29) is 6.04 Å². The molecule has 100 valence electrons. The molecule has 0 amide bonds. The maximum absolute atomic E-state index is 6.26. The highest BCUT2D eigenvalue weighted by Gasteiger charge is 2.09. The zero-order valence-electron chi connectivity index (χ0n) is 10.2. The Labute approximate surface area is 132 Å². The standard InChI is InChI=1S/C14H12Cl3NS/c1-8(18)9-2-5-13(12(17)6-9)19-14-7-10(15)3-4-11(14)16/h2-8H,18H2,1H3. The average molecular weight is 333 g/mol. The summed E-state index contributed by atoms with van der Waals surface area (Å²) in [4.78, 5) is 1.81. The van der Waals surface area contributed by atoms with Crippen molar-refractivity contribution in [1.82, 2.24) is 0 Å². The first-order valence-electron chi connectivity index (χ1n) is 5.65. The monoisotopic (exact) mass is 331 g/mol. The van der Waals surface area contributed by atoms with Crippen LogP contribution in [0.5, 0.6) is 0 Å². The van der Waals surface area contributed by atoms with Gasteiger partial charge in [-0.15, -0.1) is 0 Å². The highest BCUT2D eigenvalue weighted by molar-refractivity contribution is 7.99. The highest BCUT2D eigenvalue weighted by atomic mass is 35.5. The highest BCUT2D eigenvalue weighted by Crippen LogP contribution is 2.38. The molecule has 2 N–H and O–H groups in total. The van der Waals surface area contributed by atoms with Crippen molar-refractivity contribution in [2.24, 2.45) is 5.73 Å². The second-order valence-electron chi connectivity index (χ2n) is 4.16. The van der Waals surface area contributed by atoms with Gasteiger partial charge >= 0.3 is 0 Å². The Morgan fingerprint density at radius 3 is 2.32 bits per heavy atom. The first-order chi connectivity index (χ1) is 8.97. The molecule has 19 heavy (non-hydrogen) atoms. The molecule has 0 bridgehead atoms. The Hall–Kier alpha value is -0.380. The fourth-order valence-electron chi connectivity index (χ4n) is 1.56. The Balaban J connectivity index is 2.31. The van der Waals surface area contributed by atoms with Gasteiger partial charge in [0.1, 0.15) is 0 Å². The third kappa shape index (κ3) is 3.80. The molecule has 2 aromatic carbocycles. The van der Waals surface area contributed by atoms with Crippen LogP contribution in [0.1, 0.15) is 18.5 Å². The van der Waals surface area contributed by atoms with Crippen LogP contribution >= 0.6 is 46.6 Å². The molecular weight excluding hydrogens is 321 g/mol. The van der Waals surface area contributed by atoms with Crippen molar-refractivity contribution < 1.29 is 0 Å². The van der Waals surface area contributed by atoms with Crippen molar-refractivity contribution in [3.05, 3.63) is 57.0 Å². The molecule has 0 saturated heterocycles. The van der Waals surface area contributed by atoms with Gasteiger partial charge in [-0.1, -0.05) is 52.6 Å². The number of halogens is 3. The van der Waals surface area contributed by atoms with Gasteiger partial charge in [-0.25, -0.2) is 0 Å². The topological polar surface area (TPSA) is 26.0 Å². The molecule has 0 fully saturated rings. The Kier molecular flexibility index (Phi) is 5.04. The molecule has 0 radical (unpaired) electrons. The van der Waals surface area contributed by atoms with E-state index in [0.717, 1.165) is 15.4 Å². The Morgan fingerprint density at radius 1 is 0.947 bits per heavy atom. The predicted molar refractivity (Wildman–Crippen MR) is 84.6 cm³/mol. The molecule has 0 spiro atoms. The number of hydrogen-bond donors (Lipinski definition) is 1. The molecule has 1 atom stereocenters. The van der Waals surface area contributed by atoms with E-state index >= 15 is 0 Å². The molecule has 0 aromatic heterocycles. The molecule has 2 rings (SSSR count). The Morgan fingerprint density at radius 2 is 1.68 bits per heavy atom. The van der Waals surface area contributed by atoms with Gasteiger partial charge in [0.15, 0.2) is 0 Å². The molecule has 0 aliphatic rings. The quantitative estimate of drug-likeness (QED) is 0.766. The molecule has 5 heteroatoms. The summed E-state index contributed by atoms with van der Waals surface area (Å²) in [6, 6.07) is 11.1. The molecular formula is C14H12Cl3NS. The lowest BCUT2D eigenvalue weighted by Crippen LogP contribution is -2.04. The molecule has 0 heterocycles. The van der Waals surface area contributed by atoms with Crippen LogP contribution in [0.4, 0.5) is 0 Å². The van der Waals surface area contributed by atoms with Gasteiger partial charge in [0.05, 0.1) is 10.0 Å². The minimum Gasteiger partial charge on any atom is -0.324 e. The predicted octanol–water partition coefficient (Wildman–Crippen LogP) is 5.82. The van der Waals surface area contributed by atoms with Crippen molar-refractivity contribution in [3.63, 3.8) is 0 Å². The van der Waals surface area contributed by atoms with E-state index in [1.165, 1.54) is 11.8 Å². The minimum atomic E-state index is -0.0358. The van der Waals surface area contributed by atoms with Crippen molar-refractivity contribution >= 4 is 46.6 Å². The van der Waals surface area contributed by atoms with Crippen LogP contribution in [0, 0.1) is 0 Å². The molecule has 1 unspecified atom stereocenters. The molecule has 0 aliphatic heterocycles. The van der Waals surface area contributed by atoms with Crippen molar-refractivity contribution in [3.8, 4) is 0 Å². The van der Waals surface area contributed by atoms with Crippen LogP contribution in [0.3, 0.4) is 0 Å². The van der Waals surface area contributed by atoms with Crippen LogP contribution in [0.2, 0.25) is 15.1 Å². The van der Waals surface area contributed by atoms with E-state index in [1.54, 1.807) is 12.1 Å². The summed E-state index contributed by atoms with van der Waals surface area (Å²) in [6.45, 7) is 1.92. The van der Waals surface area contributed by atoms with Crippen molar-refractivity contribution in [2.75, 3.05) is 0 Å². The summed E-state index contributed by atoms with van der Waals surface area (Å²) in [5, 5.41) is 1.97. The molecule has 0 saturated carbocycles. The van der Waals surface area contributed by atoms with Crippen molar-refractivity contribution in [2.45, 2.75) is 22.8 Å². The largest absolute Gasteiger partial charge is 0.324 e. The van der Waals surface area contributed by atoms with Gasteiger partial charge in [0.25, 0.3) is 0 Å². The van der Waals surface area contributed by atoms with E-state index in [2.05, 4.69) is 0 Å². The number of nitrogens with two attached hydrogens (primary N) is 1. The maximum atomic E-state index is 6.26. The third-order valence-electron chi connectivity index (χ3n) is 2.59. The summed E-state index contributed by atoms with van der Waals surface area (Å²) >= 11 is 19.9. The number of hydrogen-bond acceptors (Lipinski definition) is 2. The normalized spacial score (nSPS) is 12.5. The van der Waals surface area contributed by atoms with Crippen LogP contribution in [0.25, 0.3) is 0 Å². The number of benzene rings is 2. The average Bonchev–Trinajstić information content (AvgIpc) is 2.36. The van der Waals surface area contributed by atoms with Gasteiger partial charge < -0.3 is 5.73 Å². The fourth-order valence-corrected chi connectivity index (χ4v) is 3.21. The van der Waals surface area contributed by atoms with E-state index in [4.69, 9.17) is 40.5 Å². The first kappa shape index (κ1) is 15.0. The first-order valence-corrected chi connectivity index (χ1v) is 7.60. The van der Waals surface area contributed by atoms with E-state index in [0.29, 0.717) is 15.1 Å². The second-order valence-corrected chi connectivity index (χ2v) is 6.49. The number of rotatable bonds is 3. The zero-order valence-corrected chi connectivity index (χ0v) is 13.2. The minimum absolute atomic E-state index is 0.0358. The maximum Gasteiger partial charge on any atom is 0.0548 e. The summed E-state index contributed by atoms with van der Waals surface area (Å²) in [6.07, 6.45) is 0. The van der Waals surface area contributed by atoms with Gasteiger partial charge in [-0.3, -0.25) is 0 Å². The van der Waals surface area contributed by atoms with Gasteiger partial charge in [0, 0.05) is 20.9 Å². The molecule has 2 aromatic rings. The summed E-state index contributed by atoms with van der Waals surface area (Å²) in [5.74, 6) is 0. The fraction of sp³-hybridized carbons (Fsp3) is 0.143. The summed E-state index contributed by atoms with van der Waals surface area (Å²) in [5.41, 5.74) is 6.83. The van der Waals surface area contributed by atoms with E-state index < -0.39 is 0 Å². The van der Waals surface area contributed by atoms with Crippen LogP contribution in [0.15, 0.2) is 46.2 Å². The lowest BCUT2D eigenvalue weighted by Gasteiger charge is -2.10. The van der Waals surface area contributed by atoms with Crippen LogP contribution in [-0.4, -0.2) is 0 Å². The lowest BCUT2D eigenvalue weighted by molar-refractivity contribution is 0.817. The SMILES string of the molecule is CC(N)c1ccc(Sc2cc(Cl)ccc2Cl)c(Cl)c1. The van der Waals surface area contributed by atoms with E-state index in [1.807, 2.05) is 31.2 Å².